The van der Waals surface area contributed by atoms with Crippen LogP contribution >= 0.6 is 0 Å². The first kappa shape index (κ1) is 14.4. The highest BCUT2D eigenvalue weighted by Crippen LogP contribution is 2.15. The molecule has 0 spiro atoms. The van der Waals surface area contributed by atoms with E-state index in [0.717, 1.165) is 18.4 Å². The Morgan fingerprint density at radius 2 is 2.05 bits per heavy atom. The summed E-state index contributed by atoms with van der Waals surface area (Å²) >= 11 is 0. The summed E-state index contributed by atoms with van der Waals surface area (Å²) in [5, 5.41) is 0. The largest absolute Gasteiger partial charge is 0.445 e. The van der Waals surface area contributed by atoms with Crippen molar-refractivity contribution in [1.29, 1.82) is 0 Å². The van der Waals surface area contributed by atoms with E-state index in [-0.39, 0.29) is 25.3 Å². The molecule has 1 saturated heterocycles. The number of benzene rings is 1. The molecule has 106 valence electrons. The minimum absolute atomic E-state index is 0.114. The first-order chi connectivity index (χ1) is 9.81. The zero-order valence-corrected chi connectivity index (χ0v) is 11.5. The van der Waals surface area contributed by atoms with Crippen molar-refractivity contribution in [2.45, 2.75) is 25.5 Å². The molecule has 1 aromatic carbocycles. The summed E-state index contributed by atoms with van der Waals surface area (Å²) in [6, 6.07) is 9.73. The van der Waals surface area contributed by atoms with Crippen LogP contribution in [0.4, 0.5) is 4.79 Å². The molecule has 1 heterocycles. The zero-order valence-electron chi connectivity index (χ0n) is 11.5. The molecule has 1 aliphatic rings. The zero-order chi connectivity index (χ0) is 14.2. The molecule has 0 saturated carbocycles. The van der Waals surface area contributed by atoms with Crippen molar-refractivity contribution in [3.8, 4) is 12.3 Å². The number of hydrogen-bond donors (Lipinski definition) is 0. The fourth-order valence-corrected chi connectivity index (χ4v) is 2.24. The normalized spacial score (nSPS) is 15.3. The molecular formula is C16H19NO3. The van der Waals surface area contributed by atoms with Gasteiger partial charge in [-0.25, -0.2) is 4.79 Å². The highest BCUT2D eigenvalue weighted by atomic mass is 16.6. The topological polar surface area (TPSA) is 38.8 Å². The van der Waals surface area contributed by atoms with E-state index in [2.05, 4.69) is 5.92 Å². The van der Waals surface area contributed by atoms with E-state index in [4.69, 9.17) is 15.9 Å². The van der Waals surface area contributed by atoms with Gasteiger partial charge in [0.05, 0.1) is 6.54 Å². The molecular weight excluding hydrogens is 254 g/mol. The SMILES string of the molecule is C#CCN(C(=O)OCc1ccccc1)C1CCOCC1. The molecule has 0 N–H and O–H groups in total. The molecule has 0 atom stereocenters. The maximum Gasteiger partial charge on any atom is 0.411 e. The van der Waals surface area contributed by atoms with E-state index >= 15 is 0 Å². The summed E-state index contributed by atoms with van der Waals surface area (Å²) in [5.74, 6) is 2.53. The molecule has 0 unspecified atom stereocenters. The fraction of sp³-hybridized carbons (Fsp3) is 0.438. The average molecular weight is 273 g/mol. The van der Waals surface area contributed by atoms with Crippen LogP contribution < -0.4 is 0 Å². The number of terminal acetylenes is 1. The maximum atomic E-state index is 12.2. The predicted molar refractivity (Wildman–Crippen MR) is 76.0 cm³/mol. The Morgan fingerprint density at radius 3 is 2.70 bits per heavy atom. The molecule has 0 aromatic heterocycles. The molecule has 0 radical (unpaired) electrons. The Hall–Kier alpha value is -1.99. The second kappa shape index (κ2) is 7.56. The standard InChI is InChI=1S/C16H19NO3/c1-2-10-17(15-8-11-19-12-9-15)16(18)20-13-14-6-4-3-5-7-14/h1,3-7,15H,8-13H2. The summed E-state index contributed by atoms with van der Waals surface area (Å²) in [6.45, 7) is 1.87. The molecule has 1 aromatic rings. The number of nitrogens with zero attached hydrogens (tertiary/aromatic N) is 1. The molecule has 20 heavy (non-hydrogen) atoms. The van der Waals surface area contributed by atoms with Crippen LogP contribution in [0.1, 0.15) is 18.4 Å². The molecule has 0 bridgehead atoms. The number of carbonyl (C=O) groups is 1. The molecule has 1 amide bonds. The Balaban J connectivity index is 1.91. The van der Waals surface area contributed by atoms with Gasteiger partial charge in [-0.05, 0) is 18.4 Å². The van der Waals surface area contributed by atoms with Crippen LogP contribution in [-0.2, 0) is 16.1 Å². The number of carbonyl (C=O) groups excluding carboxylic acids is 1. The van der Waals surface area contributed by atoms with Gasteiger partial charge in [-0.15, -0.1) is 6.42 Å². The Kier molecular flexibility index (Phi) is 5.45. The molecule has 0 aliphatic carbocycles. The van der Waals surface area contributed by atoms with Crippen LogP contribution in [0.25, 0.3) is 0 Å². The van der Waals surface area contributed by atoms with Gasteiger partial charge in [-0.3, -0.25) is 4.90 Å². The Labute approximate surface area is 119 Å². The van der Waals surface area contributed by atoms with Crippen LogP contribution in [-0.4, -0.2) is 36.8 Å². The monoisotopic (exact) mass is 273 g/mol. The number of rotatable bonds is 4. The minimum Gasteiger partial charge on any atom is -0.445 e. The fourth-order valence-electron chi connectivity index (χ4n) is 2.24. The van der Waals surface area contributed by atoms with Crippen LogP contribution in [0.15, 0.2) is 30.3 Å². The molecule has 1 aliphatic heterocycles. The van der Waals surface area contributed by atoms with E-state index in [1.165, 1.54) is 0 Å². The molecule has 1 fully saturated rings. The van der Waals surface area contributed by atoms with Crippen molar-refractivity contribution >= 4 is 6.09 Å². The Morgan fingerprint density at radius 1 is 1.35 bits per heavy atom. The van der Waals surface area contributed by atoms with Gasteiger partial charge in [-0.2, -0.15) is 0 Å². The highest BCUT2D eigenvalue weighted by molar-refractivity contribution is 5.68. The first-order valence-electron chi connectivity index (χ1n) is 6.80. The summed E-state index contributed by atoms with van der Waals surface area (Å²) < 4.78 is 10.7. The van der Waals surface area contributed by atoms with E-state index in [1.54, 1.807) is 4.90 Å². The van der Waals surface area contributed by atoms with Crippen LogP contribution in [0.2, 0.25) is 0 Å². The average Bonchev–Trinajstić information content (AvgIpc) is 2.52. The van der Waals surface area contributed by atoms with Gasteiger partial charge >= 0.3 is 6.09 Å². The quantitative estimate of drug-likeness (QED) is 0.791. The lowest BCUT2D eigenvalue weighted by atomic mass is 10.1. The predicted octanol–water partition coefficient (Wildman–Crippen LogP) is 2.44. The lowest BCUT2D eigenvalue weighted by Crippen LogP contribution is -2.43. The second-order valence-electron chi connectivity index (χ2n) is 4.72. The number of hydrogen-bond acceptors (Lipinski definition) is 3. The first-order valence-corrected chi connectivity index (χ1v) is 6.80. The van der Waals surface area contributed by atoms with Gasteiger partial charge in [0.2, 0.25) is 0 Å². The third kappa shape index (κ3) is 4.01. The van der Waals surface area contributed by atoms with Gasteiger partial charge < -0.3 is 9.47 Å². The van der Waals surface area contributed by atoms with Crippen molar-refractivity contribution in [3.05, 3.63) is 35.9 Å². The van der Waals surface area contributed by atoms with Gasteiger partial charge in [0.25, 0.3) is 0 Å². The van der Waals surface area contributed by atoms with E-state index < -0.39 is 0 Å². The van der Waals surface area contributed by atoms with Crippen LogP contribution in [0.3, 0.4) is 0 Å². The molecule has 4 nitrogen and oxygen atoms in total. The highest BCUT2D eigenvalue weighted by Gasteiger charge is 2.26. The van der Waals surface area contributed by atoms with Gasteiger partial charge in [-0.1, -0.05) is 36.3 Å². The number of amides is 1. The summed E-state index contributed by atoms with van der Waals surface area (Å²) in [5.41, 5.74) is 0.966. The van der Waals surface area contributed by atoms with Crippen LogP contribution in [0.5, 0.6) is 0 Å². The maximum absolute atomic E-state index is 12.2. The van der Waals surface area contributed by atoms with Crippen molar-refractivity contribution in [2.75, 3.05) is 19.8 Å². The lowest BCUT2D eigenvalue weighted by molar-refractivity contribution is 0.0287. The minimum atomic E-state index is -0.348. The van der Waals surface area contributed by atoms with Crippen molar-refractivity contribution in [2.24, 2.45) is 0 Å². The summed E-state index contributed by atoms with van der Waals surface area (Å²) in [7, 11) is 0. The van der Waals surface area contributed by atoms with Crippen molar-refractivity contribution in [1.82, 2.24) is 4.90 Å². The molecule has 4 heteroatoms. The van der Waals surface area contributed by atoms with E-state index in [1.807, 2.05) is 30.3 Å². The second-order valence-corrected chi connectivity index (χ2v) is 4.72. The lowest BCUT2D eigenvalue weighted by Gasteiger charge is -2.32. The van der Waals surface area contributed by atoms with E-state index in [9.17, 15) is 4.79 Å². The van der Waals surface area contributed by atoms with Gasteiger partial charge in [0, 0.05) is 19.3 Å². The van der Waals surface area contributed by atoms with Crippen LogP contribution in [0, 0.1) is 12.3 Å². The smallest absolute Gasteiger partial charge is 0.411 e. The van der Waals surface area contributed by atoms with E-state index in [0.29, 0.717) is 13.2 Å². The third-order valence-corrected chi connectivity index (χ3v) is 3.33. The molecule has 2 rings (SSSR count). The van der Waals surface area contributed by atoms with Gasteiger partial charge in [0.1, 0.15) is 6.61 Å². The van der Waals surface area contributed by atoms with Crippen molar-refractivity contribution < 1.29 is 14.3 Å². The summed E-state index contributed by atoms with van der Waals surface area (Å²) in [4.78, 5) is 13.8. The Bertz CT molecular complexity index is 460. The van der Waals surface area contributed by atoms with Crippen molar-refractivity contribution in [3.63, 3.8) is 0 Å². The number of ether oxygens (including phenoxy) is 2. The van der Waals surface area contributed by atoms with Gasteiger partial charge in [0.15, 0.2) is 0 Å². The third-order valence-electron chi connectivity index (χ3n) is 3.33. The summed E-state index contributed by atoms with van der Waals surface area (Å²) in [6.07, 6.45) is 6.62.